The summed E-state index contributed by atoms with van der Waals surface area (Å²) in [4.78, 5) is 0. The standard InChI is InChI=1S/C52H30S2/c1-2-12-33-28-35(21-20-31(33)10-1)34-13-9-14-36(29-34)48-39-16-5-7-18-41(39)49(42-19-8-6-17-40(42)48)37-23-26-46-45(30-37)43-24-25-44-50-38-15-4-3-11-32(38)22-27-47(50)54-52(44)51(43)53-46/h1-30H. The second kappa shape index (κ2) is 11.6. The van der Waals surface area contributed by atoms with Crippen LogP contribution in [0.3, 0.4) is 0 Å². The van der Waals surface area contributed by atoms with Crippen molar-refractivity contribution in [3.05, 3.63) is 182 Å². The first-order chi connectivity index (χ1) is 26.8. The molecule has 2 heteroatoms. The first-order valence-electron chi connectivity index (χ1n) is 18.5. The fraction of sp³-hybridized carbons (Fsp3) is 0. The van der Waals surface area contributed by atoms with Gasteiger partial charge >= 0.3 is 0 Å². The minimum Gasteiger partial charge on any atom is -0.134 e. The zero-order valence-corrected chi connectivity index (χ0v) is 30.8. The fourth-order valence-electron chi connectivity index (χ4n) is 8.97. The third-order valence-electron chi connectivity index (χ3n) is 11.4. The molecule has 0 N–H and O–H groups in total. The van der Waals surface area contributed by atoms with Gasteiger partial charge in [-0.25, -0.2) is 0 Å². The van der Waals surface area contributed by atoms with E-state index in [-0.39, 0.29) is 0 Å². The van der Waals surface area contributed by atoms with Gasteiger partial charge < -0.3 is 0 Å². The van der Waals surface area contributed by atoms with E-state index < -0.39 is 0 Å². The summed E-state index contributed by atoms with van der Waals surface area (Å²) in [6, 6.07) is 67.8. The van der Waals surface area contributed by atoms with Crippen LogP contribution in [0.1, 0.15) is 0 Å². The highest BCUT2D eigenvalue weighted by atomic mass is 32.1. The molecule has 0 radical (unpaired) electrons. The van der Waals surface area contributed by atoms with Crippen molar-refractivity contribution in [2.75, 3.05) is 0 Å². The molecule has 2 aromatic heterocycles. The van der Waals surface area contributed by atoms with Crippen molar-refractivity contribution < 1.29 is 0 Å². The highest BCUT2D eigenvalue weighted by molar-refractivity contribution is 7.33. The van der Waals surface area contributed by atoms with E-state index in [4.69, 9.17) is 0 Å². The summed E-state index contributed by atoms with van der Waals surface area (Å²) < 4.78 is 5.48. The molecule has 0 unspecified atom stereocenters. The van der Waals surface area contributed by atoms with Crippen LogP contribution in [0, 0.1) is 0 Å². The Bertz CT molecular complexity index is 3450. The van der Waals surface area contributed by atoms with Gasteiger partial charge in [-0.2, -0.15) is 0 Å². The summed E-state index contributed by atoms with van der Waals surface area (Å²) in [5.74, 6) is 0. The van der Waals surface area contributed by atoms with E-state index in [1.54, 1.807) is 0 Å². The van der Waals surface area contributed by atoms with Gasteiger partial charge in [0.25, 0.3) is 0 Å². The van der Waals surface area contributed by atoms with Gasteiger partial charge in [0.15, 0.2) is 0 Å². The van der Waals surface area contributed by atoms with Crippen LogP contribution in [0.15, 0.2) is 182 Å². The van der Waals surface area contributed by atoms with Gasteiger partial charge in [0.1, 0.15) is 0 Å². The van der Waals surface area contributed by atoms with Gasteiger partial charge in [-0.15, -0.1) is 22.7 Å². The van der Waals surface area contributed by atoms with Crippen molar-refractivity contribution in [2.24, 2.45) is 0 Å². The molecule has 0 aliphatic carbocycles. The molecule has 0 fully saturated rings. The van der Waals surface area contributed by atoms with Gasteiger partial charge in [-0.3, -0.25) is 0 Å². The molecule has 0 saturated heterocycles. The molecule has 250 valence electrons. The van der Waals surface area contributed by atoms with Crippen molar-refractivity contribution in [1.29, 1.82) is 0 Å². The largest absolute Gasteiger partial charge is 0.134 e. The van der Waals surface area contributed by atoms with Crippen LogP contribution in [0.5, 0.6) is 0 Å². The number of hydrogen-bond donors (Lipinski definition) is 0. The lowest BCUT2D eigenvalue weighted by molar-refractivity contribution is 1.63. The van der Waals surface area contributed by atoms with Crippen LogP contribution in [0.25, 0.3) is 117 Å². The Hall–Kier alpha value is -6.32. The highest BCUT2D eigenvalue weighted by Crippen LogP contribution is 2.49. The van der Waals surface area contributed by atoms with E-state index in [1.165, 1.54) is 117 Å². The van der Waals surface area contributed by atoms with Gasteiger partial charge in [0, 0.05) is 30.9 Å². The molecule has 12 rings (SSSR count). The molecular formula is C52H30S2. The van der Waals surface area contributed by atoms with E-state index >= 15 is 0 Å². The first-order valence-corrected chi connectivity index (χ1v) is 20.1. The zero-order chi connectivity index (χ0) is 35.3. The molecular weight excluding hydrogens is 689 g/mol. The minimum atomic E-state index is 1.23. The predicted molar refractivity (Wildman–Crippen MR) is 239 cm³/mol. The summed E-state index contributed by atoms with van der Waals surface area (Å²) in [7, 11) is 0. The number of benzene rings is 10. The van der Waals surface area contributed by atoms with Gasteiger partial charge in [0.2, 0.25) is 0 Å². The van der Waals surface area contributed by atoms with Crippen molar-refractivity contribution in [3.63, 3.8) is 0 Å². The van der Waals surface area contributed by atoms with Crippen molar-refractivity contribution in [2.45, 2.75) is 0 Å². The van der Waals surface area contributed by atoms with E-state index in [0.717, 1.165) is 0 Å². The Kier molecular flexibility index (Phi) is 6.48. The van der Waals surface area contributed by atoms with Crippen molar-refractivity contribution >= 4 is 106 Å². The molecule has 0 aliphatic rings. The Morgan fingerprint density at radius 1 is 0.259 bits per heavy atom. The average Bonchev–Trinajstić information content (AvgIpc) is 3.81. The molecule has 0 amide bonds. The normalized spacial score (nSPS) is 12.1. The SMILES string of the molecule is c1cc(-c2ccc3ccccc3c2)cc(-c2c3ccccc3c(-c3ccc4sc5c(ccc6c5sc5ccc7ccccc7c56)c4c3)c3ccccc23)c1. The predicted octanol–water partition coefficient (Wildman–Crippen LogP) is 16.0. The molecule has 0 aliphatic heterocycles. The average molecular weight is 719 g/mol. The van der Waals surface area contributed by atoms with Crippen molar-refractivity contribution in [1.82, 2.24) is 0 Å². The van der Waals surface area contributed by atoms with Crippen LogP contribution in [0.4, 0.5) is 0 Å². The molecule has 2 heterocycles. The van der Waals surface area contributed by atoms with E-state index in [0.29, 0.717) is 0 Å². The summed E-state index contributed by atoms with van der Waals surface area (Å²) >= 11 is 3.87. The molecule has 0 bridgehead atoms. The quantitative estimate of drug-likeness (QED) is 0.160. The molecule has 0 nitrogen and oxygen atoms in total. The number of hydrogen-bond acceptors (Lipinski definition) is 2. The lowest BCUT2D eigenvalue weighted by Crippen LogP contribution is -1.91. The maximum Gasteiger partial charge on any atom is 0.0534 e. The maximum atomic E-state index is 2.46. The maximum absolute atomic E-state index is 2.46. The monoisotopic (exact) mass is 718 g/mol. The van der Waals surface area contributed by atoms with Crippen LogP contribution < -0.4 is 0 Å². The lowest BCUT2D eigenvalue weighted by Gasteiger charge is -2.18. The third kappa shape index (κ3) is 4.42. The number of rotatable bonds is 3. The minimum absolute atomic E-state index is 1.23. The van der Waals surface area contributed by atoms with Gasteiger partial charge in [0.05, 0.1) is 9.40 Å². The van der Waals surface area contributed by atoms with Crippen LogP contribution in [0.2, 0.25) is 0 Å². The molecule has 0 spiro atoms. The van der Waals surface area contributed by atoms with Crippen LogP contribution in [-0.4, -0.2) is 0 Å². The smallest absolute Gasteiger partial charge is 0.0534 e. The molecule has 12 aromatic rings. The topological polar surface area (TPSA) is 0 Å². The second-order valence-electron chi connectivity index (χ2n) is 14.4. The first kappa shape index (κ1) is 30.2. The summed E-state index contributed by atoms with van der Waals surface area (Å²) in [6.45, 7) is 0. The number of fused-ring (bicyclic) bond motifs is 12. The molecule has 0 atom stereocenters. The molecule has 10 aromatic carbocycles. The molecule has 54 heavy (non-hydrogen) atoms. The fourth-order valence-corrected chi connectivity index (χ4v) is 11.5. The molecule has 0 saturated carbocycles. The Morgan fingerprint density at radius 3 is 1.54 bits per heavy atom. The van der Waals surface area contributed by atoms with E-state index in [2.05, 4.69) is 182 Å². The van der Waals surface area contributed by atoms with Crippen LogP contribution >= 0.6 is 22.7 Å². The van der Waals surface area contributed by atoms with Crippen LogP contribution in [-0.2, 0) is 0 Å². The Balaban J connectivity index is 1.07. The Labute approximate surface area is 319 Å². The van der Waals surface area contributed by atoms with Gasteiger partial charge in [-0.05, 0) is 107 Å². The summed E-state index contributed by atoms with van der Waals surface area (Å²) in [5.41, 5.74) is 7.54. The Morgan fingerprint density at radius 2 is 0.778 bits per heavy atom. The third-order valence-corrected chi connectivity index (χ3v) is 13.9. The summed E-state index contributed by atoms with van der Waals surface area (Å²) in [5, 5.41) is 15.7. The number of thiophene rings is 2. The lowest BCUT2D eigenvalue weighted by atomic mass is 9.85. The summed E-state index contributed by atoms with van der Waals surface area (Å²) in [6.07, 6.45) is 0. The van der Waals surface area contributed by atoms with E-state index in [1.807, 2.05) is 22.7 Å². The zero-order valence-electron chi connectivity index (χ0n) is 29.1. The van der Waals surface area contributed by atoms with Crippen molar-refractivity contribution in [3.8, 4) is 33.4 Å². The second-order valence-corrected chi connectivity index (χ2v) is 16.5. The van der Waals surface area contributed by atoms with Gasteiger partial charge in [-0.1, -0.05) is 152 Å². The van der Waals surface area contributed by atoms with E-state index in [9.17, 15) is 0 Å². The highest BCUT2D eigenvalue weighted by Gasteiger charge is 2.19.